The molecule has 2 atom stereocenters. The van der Waals surface area contributed by atoms with E-state index in [2.05, 4.69) is 63.4 Å². The Labute approximate surface area is 147 Å². The molecule has 2 aromatic rings. The highest BCUT2D eigenvalue weighted by Crippen LogP contribution is 2.26. The molecule has 0 spiro atoms. The van der Waals surface area contributed by atoms with Crippen molar-refractivity contribution in [1.82, 2.24) is 31.3 Å². The van der Waals surface area contributed by atoms with Crippen molar-refractivity contribution in [3.05, 3.63) is 40.7 Å². The summed E-state index contributed by atoms with van der Waals surface area (Å²) in [5.41, 5.74) is 10.8. The van der Waals surface area contributed by atoms with Gasteiger partial charge in [0.25, 0.3) is 0 Å². The summed E-state index contributed by atoms with van der Waals surface area (Å²) in [7, 11) is 0. The van der Waals surface area contributed by atoms with Gasteiger partial charge in [-0.15, -0.1) is 5.10 Å². The van der Waals surface area contributed by atoms with E-state index in [0.717, 1.165) is 36.4 Å². The quantitative estimate of drug-likeness (QED) is 0.453. The van der Waals surface area contributed by atoms with Crippen LogP contribution in [0.5, 0.6) is 0 Å². The molecule has 1 aromatic heterocycles. The number of nitrogens with zero attached hydrogens (tertiary/aromatic N) is 2. The van der Waals surface area contributed by atoms with Gasteiger partial charge in [0.2, 0.25) is 5.16 Å². The van der Waals surface area contributed by atoms with Crippen molar-refractivity contribution >= 4 is 11.8 Å². The second-order valence-corrected chi connectivity index (χ2v) is 7.42. The Kier molecular flexibility index (Phi) is 5.89. The maximum atomic E-state index is 4.30. The summed E-state index contributed by atoms with van der Waals surface area (Å²) in [5, 5.41) is 11.4. The zero-order valence-electron chi connectivity index (χ0n) is 14.5. The summed E-state index contributed by atoms with van der Waals surface area (Å²) in [4.78, 5) is 4.30. The molecule has 24 heavy (non-hydrogen) atoms. The number of aromatic nitrogens is 3. The van der Waals surface area contributed by atoms with Crippen molar-refractivity contribution in [1.29, 1.82) is 0 Å². The Bertz CT molecular complexity index is 671. The Morgan fingerprint density at radius 2 is 2.12 bits per heavy atom. The fourth-order valence-electron chi connectivity index (χ4n) is 2.93. The summed E-state index contributed by atoms with van der Waals surface area (Å²) in [6, 6.07) is 7.11. The number of H-pyrrole nitrogens is 1. The van der Waals surface area contributed by atoms with E-state index in [0.29, 0.717) is 12.0 Å². The monoisotopic (exact) mass is 346 g/mol. The third-order valence-corrected chi connectivity index (χ3v) is 5.33. The first-order chi connectivity index (χ1) is 11.6. The van der Waals surface area contributed by atoms with E-state index in [1.165, 1.54) is 16.7 Å². The fraction of sp³-hybridized carbons (Fsp3) is 0.529. The van der Waals surface area contributed by atoms with E-state index in [-0.39, 0.29) is 0 Å². The number of thioether (sulfide) groups is 1. The fourth-order valence-corrected chi connectivity index (χ4v) is 3.67. The third-order valence-electron chi connectivity index (χ3n) is 4.48. The summed E-state index contributed by atoms with van der Waals surface area (Å²) < 4.78 is 0. The number of aromatic amines is 1. The Hall–Kier alpha value is -1.41. The molecule has 1 saturated heterocycles. The number of benzene rings is 1. The van der Waals surface area contributed by atoms with Crippen molar-refractivity contribution in [3.8, 4) is 0 Å². The van der Waals surface area contributed by atoms with Crippen LogP contribution in [0.15, 0.2) is 23.4 Å². The van der Waals surface area contributed by atoms with Gasteiger partial charge in [-0.3, -0.25) is 10.5 Å². The Morgan fingerprint density at radius 3 is 2.88 bits per heavy atom. The molecule has 0 amide bonds. The average Bonchev–Trinajstić information content (AvgIpc) is 3.19. The van der Waals surface area contributed by atoms with Crippen molar-refractivity contribution in [3.63, 3.8) is 0 Å². The topological polar surface area (TPSA) is 77.7 Å². The molecule has 1 aliphatic rings. The molecule has 0 aliphatic carbocycles. The molecule has 3 rings (SSSR count). The number of hydrazine groups is 1. The number of nitrogens with one attached hydrogen (secondary N) is 4. The predicted octanol–water partition coefficient (Wildman–Crippen LogP) is 1.88. The zero-order chi connectivity index (χ0) is 16.9. The minimum atomic E-state index is 0.361. The smallest absolute Gasteiger partial charge is 0.208 e. The first-order valence-corrected chi connectivity index (χ1v) is 9.40. The lowest BCUT2D eigenvalue weighted by Crippen LogP contribution is -2.30. The van der Waals surface area contributed by atoms with Crippen LogP contribution >= 0.6 is 11.8 Å². The largest absolute Gasteiger partial charge is 0.315 e. The molecule has 1 aromatic carbocycles. The molecule has 6 nitrogen and oxygen atoms in total. The van der Waals surface area contributed by atoms with Crippen LogP contribution in [-0.4, -0.2) is 40.6 Å². The van der Waals surface area contributed by atoms with Gasteiger partial charge in [0.15, 0.2) is 0 Å². The second-order valence-electron chi connectivity index (χ2n) is 6.36. The maximum Gasteiger partial charge on any atom is 0.208 e. The maximum absolute atomic E-state index is 4.30. The summed E-state index contributed by atoms with van der Waals surface area (Å²) in [5.74, 6) is 2.38. The van der Waals surface area contributed by atoms with Gasteiger partial charge in [-0.05, 0) is 37.5 Å². The molecule has 7 heteroatoms. The van der Waals surface area contributed by atoms with Gasteiger partial charge in [0.05, 0.1) is 6.04 Å². The van der Waals surface area contributed by atoms with Crippen LogP contribution in [-0.2, 0) is 0 Å². The summed E-state index contributed by atoms with van der Waals surface area (Å²) in [6.07, 6.45) is 0. The molecule has 1 fully saturated rings. The van der Waals surface area contributed by atoms with Crippen molar-refractivity contribution in [2.24, 2.45) is 5.92 Å². The van der Waals surface area contributed by atoms with Gasteiger partial charge in [-0.25, -0.2) is 10.4 Å². The summed E-state index contributed by atoms with van der Waals surface area (Å²) in [6.45, 7) is 9.18. The lowest BCUT2D eigenvalue weighted by atomic mass is 9.93. The minimum absolute atomic E-state index is 0.361. The number of hydrogen-bond acceptors (Lipinski definition) is 6. The lowest BCUT2D eigenvalue weighted by Gasteiger charge is -2.20. The van der Waals surface area contributed by atoms with Gasteiger partial charge in [0.1, 0.15) is 5.82 Å². The number of aryl methyl sites for hydroxylation is 3. The summed E-state index contributed by atoms with van der Waals surface area (Å²) >= 11 is 1.68. The highest BCUT2D eigenvalue weighted by molar-refractivity contribution is 7.99. The number of hydrogen-bond donors (Lipinski definition) is 4. The van der Waals surface area contributed by atoms with Gasteiger partial charge < -0.3 is 5.32 Å². The molecule has 2 heterocycles. The highest BCUT2D eigenvalue weighted by Gasteiger charge is 2.27. The van der Waals surface area contributed by atoms with Crippen LogP contribution < -0.4 is 16.2 Å². The predicted molar refractivity (Wildman–Crippen MR) is 98.0 cm³/mol. The number of rotatable bonds is 7. The average molecular weight is 347 g/mol. The van der Waals surface area contributed by atoms with Gasteiger partial charge in [0, 0.05) is 31.3 Å². The molecule has 0 radical (unpaired) electrons. The van der Waals surface area contributed by atoms with E-state index >= 15 is 0 Å². The van der Waals surface area contributed by atoms with E-state index in [1.807, 2.05) is 6.92 Å². The van der Waals surface area contributed by atoms with Crippen LogP contribution in [0.1, 0.15) is 28.6 Å². The highest BCUT2D eigenvalue weighted by atomic mass is 32.2. The minimum Gasteiger partial charge on any atom is -0.315 e. The molecule has 4 N–H and O–H groups in total. The lowest BCUT2D eigenvalue weighted by molar-refractivity contribution is 0.448. The zero-order valence-corrected chi connectivity index (χ0v) is 15.3. The first kappa shape index (κ1) is 17.4. The first-order valence-electron chi connectivity index (χ1n) is 8.41. The second kappa shape index (κ2) is 8.11. The Morgan fingerprint density at radius 1 is 1.25 bits per heavy atom. The molecular formula is C17H26N6S. The SMILES string of the molecule is Cc1nc(SCCNCC2CNNC2c2ccc(C)c(C)c2)n[nH]1. The van der Waals surface area contributed by atoms with Gasteiger partial charge >= 0.3 is 0 Å². The van der Waals surface area contributed by atoms with Crippen molar-refractivity contribution in [2.75, 3.05) is 25.4 Å². The van der Waals surface area contributed by atoms with Crippen LogP contribution in [0.4, 0.5) is 0 Å². The molecule has 2 unspecified atom stereocenters. The van der Waals surface area contributed by atoms with E-state index in [4.69, 9.17) is 0 Å². The Balaban J connectivity index is 1.45. The van der Waals surface area contributed by atoms with Crippen LogP contribution in [0.3, 0.4) is 0 Å². The molecule has 130 valence electrons. The van der Waals surface area contributed by atoms with Crippen molar-refractivity contribution < 1.29 is 0 Å². The van der Waals surface area contributed by atoms with Crippen molar-refractivity contribution in [2.45, 2.75) is 32.0 Å². The normalized spacial score (nSPS) is 20.6. The van der Waals surface area contributed by atoms with E-state index < -0.39 is 0 Å². The van der Waals surface area contributed by atoms with E-state index in [9.17, 15) is 0 Å². The van der Waals surface area contributed by atoms with E-state index in [1.54, 1.807) is 11.8 Å². The van der Waals surface area contributed by atoms with Crippen LogP contribution in [0.2, 0.25) is 0 Å². The molecule has 1 aliphatic heterocycles. The third kappa shape index (κ3) is 4.36. The van der Waals surface area contributed by atoms with Gasteiger partial charge in [-0.2, -0.15) is 0 Å². The molecular weight excluding hydrogens is 320 g/mol. The standard InChI is InChI=1S/C17H26N6S/c1-11-4-5-14(8-12(11)2)16-15(10-19-22-16)9-18-6-7-24-17-20-13(3)21-23-17/h4-5,8,15-16,18-19,22H,6-7,9-10H2,1-3H3,(H,20,21,23). The van der Waals surface area contributed by atoms with Crippen LogP contribution in [0, 0.1) is 26.7 Å². The van der Waals surface area contributed by atoms with Gasteiger partial charge in [-0.1, -0.05) is 30.0 Å². The van der Waals surface area contributed by atoms with Crippen LogP contribution in [0.25, 0.3) is 0 Å². The molecule has 0 saturated carbocycles. The molecule has 0 bridgehead atoms.